The lowest BCUT2D eigenvalue weighted by Gasteiger charge is -2.52. The molecule has 192 valence electrons. The normalized spacial score (nSPS) is 17.2. The Hall–Kier alpha value is -3.61. The lowest BCUT2D eigenvalue weighted by molar-refractivity contribution is -0.159. The quantitative estimate of drug-likeness (QED) is 0.399. The molecule has 11 nitrogen and oxygen atoms in total. The largest absolute Gasteiger partial charge is 0.377 e. The molecule has 1 spiro atoms. The molecule has 2 aliphatic rings. The number of primary amides is 1. The Morgan fingerprint density at radius 3 is 2.76 bits per heavy atom. The minimum absolute atomic E-state index is 0.00536. The summed E-state index contributed by atoms with van der Waals surface area (Å²) in [5, 5.41) is 11.8. The van der Waals surface area contributed by atoms with Gasteiger partial charge >= 0.3 is 0 Å². The van der Waals surface area contributed by atoms with E-state index in [0.717, 1.165) is 46.8 Å². The summed E-state index contributed by atoms with van der Waals surface area (Å²) in [6.45, 7) is 4.51. The van der Waals surface area contributed by atoms with Crippen LogP contribution in [0.5, 0.6) is 0 Å². The second kappa shape index (κ2) is 9.05. The Bertz CT molecular complexity index is 1520. The van der Waals surface area contributed by atoms with Gasteiger partial charge in [0.1, 0.15) is 4.83 Å². The number of thiazole rings is 1. The molecule has 0 unspecified atom stereocenters. The fraction of sp³-hybridized carbons (Fsp3) is 0.400. The van der Waals surface area contributed by atoms with Gasteiger partial charge in [-0.05, 0) is 32.4 Å². The zero-order chi connectivity index (χ0) is 25.7. The summed E-state index contributed by atoms with van der Waals surface area (Å²) in [4.78, 5) is 33.5. The summed E-state index contributed by atoms with van der Waals surface area (Å²) < 4.78 is 8.93. The van der Waals surface area contributed by atoms with Gasteiger partial charge in [0, 0.05) is 30.1 Å². The van der Waals surface area contributed by atoms with Gasteiger partial charge in [-0.25, -0.2) is 4.52 Å². The average Bonchev–Trinajstić information content (AvgIpc) is 3.54. The van der Waals surface area contributed by atoms with E-state index in [1.807, 2.05) is 26.2 Å². The fourth-order valence-electron chi connectivity index (χ4n) is 5.25. The zero-order valence-corrected chi connectivity index (χ0v) is 21.5. The Kier molecular flexibility index (Phi) is 5.81. The number of hydrogen-bond acceptors (Lipinski definition) is 8. The number of nitrogens with one attached hydrogen (secondary N) is 1. The fourth-order valence-corrected chi connectivity index (χ4v) is 6.45. The highest BCUT2D eigenvalue weighted by Crippen LogP contribution is 2.41. The van der Waals surface area contributed by atoms with Crippen molar-refractivity contribution >= 4 is 33.7 Å². The molecule has 12 heteroatoms. The number of pyridine rings is 1. The topological polar surface area (TPSA) is 133 Å². The molecule has 6 rings (SSSR count). The second-order valence-corrected chi connectivity index (χ2v) is 10.8. The summed E-state index contributed by atoms with van der Waals surface area (Å²) in [5.74, 6) is -0.619. The molecule has 0 aromatic carbocycles. The van der Waals surface area contributed by atoms with Crippen molar-refractivity contribution in [2.45, 2.75) is 31.7 Å². The predicted molar refractivity (Wildman–Crippen MR) is 139 cm³/mol. The van der Waals surface area contributed by atoms with Gasteiger partial charge in [0.25, 0.3) is 5.91 Å². The van der Waals surface area contributed by atoms with Gasteiger partial charge in [0.2, 0.25) is 5.91 Å². The molecule has 37 heavy (non-hydrogen) atoms. The van der Waals surface area contributed by atoms with Gasteiger partial charge < -0.3 is 15.8 Å². The number of rotatable bonds is 6. The van der Waals surface area contributed by atoms with E-state index in [1.54, 1.807) is 21.6 Å². The highest BCUT2D eigenvalue weighted by molar-refractivity contribution is 7.21. The predicted octanol–water partition coefficient (Wildman–Crippen LogP) is 2.46. The van der Waals surface area contributed by atoms with Crippen LogP contribution in [-0.4, -0.2) is 72.9 Å². The number of piperidine rings is 1. The number of ether oxygens (including phenoxy) is 1. The summed E-state index contributed by atoms with van der Waals surface area (Å²) >= 11 is 1.42. The molecule has 0 bridgehead atoms. The molecule has 0 saturated carbocycles. The molecule has 0 radical (unpaired) electrons. The minimum atomic E-state index is -0.538. The van der Waals surface area contributed by atoms with Crippen LogP contribution in [0.2, 0.25) is 0 Å². The molecule has 0 aliphatic carbocycles. The van der Waals surface area contributed by atoms with Gasteiger partial charge in [0.05, 0.1) is 65.7 Å². The Labute approximate surface area is 217 Å². The Morgan fingerprint density at radius 2 is 2.05 bits per heavy atom. The second-order valence-electron chi connectivity index (χ2n) is 9.82. The van der Waals surface area contributed by atoms with E-state index in [0.29, 0.717) is 35.8 Å². The van der Waals surface area contributed by atoms with Crippen molar-refractivity contribution in [1.29, 1.82) is 0 Å². The molecule has 2 aliphatic heterocycles. The number of aromatic nitrogens is 5. The average molecular weight is 521 g/mol. The van der Waals surface area contributed by atoms with Crippen LogP contribution in [-0.2, 0) is 16.6 Å². The number of nitrogens with zero attached hydrogens (tertiary/aromatic N) is 6. The zero-order valence-electron chi connectivity index (χ0n) is 20.7. The third kappa shape index (κ3) is 4.10. The molecule has 3 N–H and O–H groups in total. The van der Waals surface area contributed by atoms with Crippen LogP contribution >= 0.6 is 11.3 Å². The number of carbonyl (C=O) groups excluding carboxylic acids is 2. The van der Waals surface area contributed by atoms with Crippen molar-refractivity contribution in [2.75, 3.05) is 31.6 Å². The van der Waals surface area contributed by atoms with Crippen molar-refractivity contribution in [1.82, 2.24) is 29.3 Å². The number of nitrogens with two attached hydrogens (primary N) is 1. The number of fused-ring (bicyclic) bond motifs is 1. The molecule has 0 atom stereocenters. The maximum Gasteiger partial charge on any atom is 0.253 e. The van der Waals surface area contributed by atoms with E-state index >= 15 is 0 Å². The van der Waals surface area contributed by atoms with Crippen LogP contribution in [0.4, 0.5) is 5.69 Å². The van der Waals surface area contributed by atoms with Crippen molar-refractivity contribution < 1.29 is 14.3 Å². The van der Waals surface area contributed by atoms with Gasteiger partial charge in [-0.1, -0.05) is 6.42 Å². The summed E-state index contributed by atoms with van der Waals surface area (Å²) in [7, 11) is 1.85. The highest BCUT2D eigenvalue weighted by atomic mass is 32.1. The standard InChI is InChI=1S/C25H28N8O3S/c1-15-18(7-17(9-27-15)30-20(34)12-32-6-4-3-5-25(32)13-36-14-25)21-22(16-8-28-31(2)11-16)37-24-19(23(26)35)10-29-33(21)24/h7-11H,3-6,12-14H2,1-2H3,(H2,26,35)(H,30,34). The van der Waals surface area contributed by atoms with Crippen molar-refractivity contribution in [3.8, 4) is 21.7 Å². The van der Waals surface area contributed by atoms with Crippen LogP contribution in [0.1, 0.15) is 35.3 Å². The van der Waals surface area contributed by atoms with Crippen LogP contribution < -0.4 is 11.1 Å². The van der Waals surface area contributed by atoms with Gasteiger partial charge in [-0.15, -0.1) is 11.3 Å². The van der Waals surface area contributed by atoms with Crippen LogP contribution in [0.15, 0.2) is 30.9 Å². The number of anilines is 1. The van der Waals surface area contributed by atoms with E-state index in [9.17, 15) is 9.59 Å². The third-order valence-electron chi connectivity index (χ3n) is 7.28. The molecule has 4 aromatic rings. The van der Waals surface area contributed by atoms with Crippen LogP contribution in [0.25, 0.3) is 26.5 Å². The smallest absolute Gasteiger partial charge is 0.253 e. The highest BCUT2D eigenvalue weighted by Gasteiger charge is 2.45. The summed E-state index contributed by atoms with van der Waals surface area (Å²) in [6, 6.07) is 1.91. The number of amides is 2. The first-order chi connectivity index (χ1) is 17.8. The SMILES string of the molecule is Cc1ncc(NC(=O)CN2CCCCC23COC3)cc1-c1c(-c2cnn(C)c2)sc2c(C(N)=O)cnn12. The Balaban J connectivity index is 1.35. The summed E-state index contributed by atoms with van der Waals surface area (Å²) in [6.07, 6.45) is 10.2. The van der Waals surface area contributed by atoms with Crippen LogP contribution in [0, 0.1) is 6.92 Å². The molecule has 2 saturated heterocycles. The Morgan fingerprint density at radius 1 is 1.22 bits per heavy atom. The van der Waals surface area contributed by atoms with E-state index in [1.165, 1.54) is 24.0 Å². The lowest BCUT2D eigenvalue weighted by Crippen LogP contribution is -2.65. The van der Waals surface area contributed by atoms with Crippen molar-refractivity contribution in [2.24, 2.45) is 12.8 Å². The van der Waals surface area contributed by atoms with Gasteiger partial charge in [-0.3, -0.25) is 24.2 Å². The maximum absolute atomic E-state index is 13.1. The summed E-state index contributed by atoms with van der Waals surface area (Å²) in [5.41, 5.74) is 9.78. The first-order valence-electron chi connectivity index (χ1n) is 12.2. The maximum atomic E-state index is 13.1. The molecule has 4 aromatic heterocycles. The van der Waals surface area contributed by atoms with Crippen LogP contribution in [0.3, 0.4) is 0 Å². The van der Waals surface area contributed by atoms with E-state index < -0.39 is 5.91 Å². The third-order valence-corrected chi connectivity index (χ3v) is 8.50. The first-order valence-corrected chi connectivity index (χ1v) is 13.1. The molecule has 2 fully saturated rings. The number of carbonyl (C=O) groups is 2. The van der Waals surface area contributed by atoms with E-state index in [4.69, 9.17) is 10.5 Å². The molecule has 2 amide bonds. The van der Waals surface area contributed by atoms with Crippen molar-refractivity contribution in [3.05, 3.63) is 42.1 Å². The lowest BCUT2D eigenvalue weighted by atomic mass is 9.85. The number of likely N-dealkylation sites (tertiary alicyclic amines) is 1. The number of aryl methyl sites for hydroxylation is 2. The molecular weight excluding hydrogens is 492 g/mol. The van der Waals surface area contributed by atoms with E-state index in [2.05, 4.69) is 25.4 Å². The monoisotopic (exact) mass is 520 g/mol. The van der Waals surface area contributed by atoms with E-state index in [-0.39, 0.29) is 11.4 Å². The first kappa shape index (κ1) is 23.8. The number of hydrogen-bond donors (Lipinski definition) is 2. The van der Waals surface area contributed by atoms with Gasteiger partial charge in [0.15, 0.2) is 0 Å². The molecule has 6 heterocycles. The molecular formula is C25H28N8O3S. The minimum Gasteiger partial charge on any atom is -0.377 e. The van der Waals surface area contributed by atoms with Crippen molar-refractivity contribution in [3.63, 3.8) is 0 Å². The van der Waals surface area contributed by atoms with Gasteiger partial charge in [-0.2, -0.15) is 10.2 Å².